The predicted octanol–water partition coefficient (Wildman–Crippen LogP) is 2.79. The van der Waals surface area contributed by atoms with E-state index >= 15 is 0 Å². The van der Waals surface area contributed by atoms with Crippen LogP contribution in [0.25, 0.3) is 0 Å². The van der Waals surface area contributed by atoms with E-state index in [0.717, 1.165) is 31.4 Å². The number of phenols is 1. The molecule has 4 nitrogen and oxygen atoms in total. The van der Waals surface area contributed by atoms with Crippen LogP contribution in [-0.4, -0.2) is 28.6 Å². The second kappa shape index (κ2) is 5.73. The standard InChI is InChI=1S/C16H22N2O2/c19-15-7-6-12-8-9-18(11-13(12)10-15)16(20)17-14-4-2-1-3-5-14/h6-7,10,14,19H,1-5,8-9,11H2,(H,17,20). The molecule has 2 N–H and O–H groups in total. The van der Waals surface area contributed by atoms with Crippen molar-refractivity contribution in [1.82, 2.24) is 10.2 Å². The topological polar surface area (TPSA) is 52.6 Å². The Kier molecular flexibility index (Phi) is 3.81. The van der Waals surface area contributed by atoms with Crippen molar-refractivity contribution in [2.75, 3.05) is 6.54 Å². The molecule has 1 saturated carbocycles. The van der Waals surface area contributed by atoms with Crippen LogP contribution in [0.15, 0.2) is 18.2 Å². The first-order chi connectivity index (χ1) is 9.72. The lowest BCUT2D eigenvalue weighted by molar-refractivity contribution is 0.184. The van der Waals surface area contributed by atoms with Crippen molar-refractivity contribution in [3.63, 3.8) is 0 Å². The van der Waals surface area contributed by atoms with Crippen molar-refractivity contribution in [3.05, 3.63) is 29.3 Å². The number of fused-ring (bicyclic) bond motifs is 1. The van der Waals surface area contributed by atoms with Crippen molar-refractivity contribution in [2.24, 2.45) is 0 Å². The zero-order chi connectivity index (χ0) is 13.9. The summed E-state index contributed by atoms with van der Waals surface area (Å²) < 4.78 is 0. The number of nitrogens with one attached hydrogen (secondary N) is 1. The van der Waals surface area contributed by atoms with E-state index in [1.54, 1.807) is 12.1 Å². The molecule has 1 aromatic rings. The van der Waals surface area contributed by atoms with Crippen LogP contribution in [0.2, 0.25) is 0 Å². The SMILES string of the molecule is O=C(NC1CCCCC1)N1CCc2ccc(O)cc2C1. The first-order valence-corrected chi connectivity index (χ1v) is 7.58. The van der Waals surface area contributed by atoms with Gasteiger partial charge in [0.2, 0.25) is 0 Å². The first kappa shape index (κ1) is 13.3. The van der Waals surface area contributed by atoms with E-state index in [2.05, 4.69) is 5.32 Å². The lowest BCUT2D eigenvalue weighted by atomic mass is 9.95. The average molecular weight is 274 g/mol. The van der Waals surface area contributed by atoms with E-state index in [9.17, 15) is 9.90 Å². The highest BCUT2D eigenvalue weighted by molar-refractivity contribution is 5.75. The Labute approximate surface area is 119 Å². The van der Waals surface area contributed by atoms with Crippen molar-refractivity contribution in [1.29, 1.82) is 0 Å². The zero-order valence-corrected chi connectivity index (χ0v) is 11.8. The zero-order valence-electron chi connectivity index (χ0n) is 11.8. The first-order valence-electron chi connectivity index (χ1n) is 7.58. The lowest BCUT2D eigenvalue weighted by Crippen LogP contribution is -2.47. The Hall–Kier alpha value is -1.71. The maximum Gasteiger partial charge on any atom is 0.317 e. The van der Waals surface area contributed by atoms with E-state index in [1.165, 1.54) is 24.8 Å². The van der Waals surface area contributed by atoms with Gasteiger partial charge in [0.25, 0.3) is 0 Å². The van der Waals surface area contributed by atoms with Gasteiger partial charge in [0.1, 0.15) is 5.75 Å². The fraction of sp³-hybridized carbons (Fsp3) is 0.562. The van der Waals surface area contributed by atoms with Crippen LogP contribution in [0.1, 0.15) is 43.2 Å². The molecule has 1 aliphatic heterocycles. The molecule has 2 amide bonds. The summed E-state index contributed by atoms with van der Waals surface area (Å²) in [5, 5.41) is 12.7. The summed E-state index contributed by atoms with van der Waals surface area (Å²) >= 11 is 0. The monoisotopic (exact) mass is 274 g/mol. The molecular formula is C16H22N2O2. The van der Waals surface area contributed by atoms with Crippen LogP contribution in [0.4, 0.5) is 4.79 Å². The van der Waals surface area contributed by atoms with Gasteiger partial charge in [0, 0.05) is 19.1 Å². The summed E-state index contributed by atoms with van der Waals surface area (Å²) in [4.78, 5) is 14.2. The van der Waals surface area contributed by atoms with E-state index < -0.39 is 0 Å². The quantitative estimate of drug-likeness (QED) is 0.827. The van der Waals surface area contributed by atoms with Crippen molar-refractivity contribution in [3.8, 4) is 5.75 Å². The summed E-state index contributed by atoms with van der Waals surface area (Å²) in [6.45, 7) is 1.36. The Bertz CT molecular complexity index is 495. The van der Waals surface area contributed by atoms with Crippen LogP contribution in [0.5, 0.6) is 5.75 Å². The second-order valence-corrected chi connectivity index (χ2v) is 5.91. The third-order valence-electron chi connectivity index (χ3n) is 4.42. The van der Waals surface area contributed by atoms with Gasteiger partial charge >= 0.3 is 6.03 Å². The number of rotatable bonds is 1. The van der Waals surface area contributed by atoms with Crippen LogP contribution in [0.3, 0.4) is 0 Å². The summed E-state index contributed by atoms with van der Waals surface area (Å²) in [6.07, 6.45) is 6.83. The van der Waals surface area contributed by atoms with Gasteiger partial charge in [-0.25, -0.2) is 4.79 Å². The average Bonchev–Trinajstić information content (AvgIpc) is 2.47. The minimum Gasteiger partial charge on any atom is -0.508 e. The molecule has 0 saturated heterocycles. The van der Waals surface area contributed by atoms with Crippen molar-refractivity contribution in [2.45, 2.75) is 51.1 Å². The highest BCUT2D eigenvalue weighted by Gasteiger charge is 2.23. The molecule has 108 valence electrons. The van der Waals surface area contributed by atoms with Gasteiger partial charge in [-0.15, -0.1) is 0 Å². The fourth-order valence-electron chi connectivity index (χ4n) is 3.23. The molecule has 0 radical (unpaired) electrons. The molecule has 20 heavy (non-hydrogen) atoms. The van der Waals surface area contributed by atoms with Gasteiger partial charge in [-0.2, -0.15) is 0 Å². The number of phenolic OH excluding ortho intramolecular Hbond substituents is 1. The number of hydrogen-bond acceptors (Lipinski definition) is 2. The second-order valence-electron chi connectivity index (χ2n) is 5.91. The van der Waals surface area contributed by atoms with Crippen LogP contribution in [0, 0.1) is 0 Å². The maximum absolute atomic E-state index is 12.3. The number of carbonyl (C=O) groups excluding carboxylic acids is 1. The Morgan fingerprint density at radius 1 is 1.20 bits per heavy atom. The Balaban J connectivity index is 1.62. The van der Waals surface area contributed by atoms with Gasteiger partial charge in [-0.1, -0.05) is 25.3 Å². The Morgan fingerprint density at radius 3 is 2.80 bits per heavy atom. The number of aromatic hydroxyl groups is 1. The molecule has 4 heteroatoms. The minimum absolute atomic E-state index is 0.0471. The van der Waals surface area contributed by atoms with Crippen LogP contribution < -0.4 is 5.32 Å². The third-order valence-corrected chi connectivity index (χ3v) is 4.42. The summed E-state index contributed by atoms with van der Waals surface area (Å²) in [7, 11) is 0. The number of urea groups is 1. The van der Waals surface area contributed by atoms with Crippen LogP contribution >= 0.6 is 0 Å². The number of amides is 2. The van der Waals surface area contributed by atoms with Gasteiger partial charge in [-0.3, -0.25) is 0 Å². The molecule has 0 unspecified atom stereocenters. The van der Waals surface area contributed by atoms with Gasteiger partial charge < -0.3 is 15.3 Å². The van der Waals surface area contributed by atoms with Crippen molar-refractivity contribution >= 4 is 6.03 Å². The molecule has 1 heterocycles. The summed E-state index contributed by atoms with van der Waals surface area (Å²) in [5.74, 6) is 0.276. The molecule has 0 atom stereocenters. The Morgan fingerprint density at radius 2 is 2.00 bits per heavy atom. The highest BCUT2D eigenvalue weighted by atomic mass is 16.3. The molecule has 3 rings (SSSR count). The third kappa shape index (κ3) is 2.89. The summed E-state index contributed by atoms with van der Waals surface area (Å²) in [5.41, 5.74) is 2.31. The van der Waals surface area contributed by atoms with E-state index in [-0.39, 0.29) is 11.8 Å². The number of hydrogen-bond donors (Lipinski definition) is 2. The van der Waals surface area contributed by atoms with Crippen LogP contribution in [-0.2, 0) is 13.0 Å². The fourth-order valence-corrected chi connectivity index (χ4v) is 3.23. The van der Waals surface area contributed by atoms with Crippen molar-refractivity contribution < 1.29 is 9.90 Å². The number of nitrogens with zero attached hydrogens (tertiary/aromatic N) is 1. The largest absolute Gasteiger partial charge is 0.508 e. The molecule has 0 aromatic heterocycles. The smallest absolute Gasteiger partial charge is 0.317 e. The molecule has 0 spiro atoms. The highest BCUT2D eigenvalue weighted by Crippen LogP contribution is 2.23. The molecular weight excluding hydrogens is 252 g/mol. The summed E-state index contributed by atoms with van der Waals surface area (Å²) in [6, 6.07) is 5.85. The number of carbonyl (C=O) groups is 1. The van der Waals surface area contributed by atoms with E-state index in [0.29, 0.717) is 12.6 Å². The molecule has 0 bridgehead atoms. The minimum atomic E-state index is 0.0471. The maximum atomic E-state index is 12.3. The molecule has 1 fully saturated rings. The van der Waals surface area contributed by atoms with E-state index in [4.69, 9.17) is 0 Å². The molecule has 2 aliphatic rings. The predicted molar refractivity (Wildman–Crippen MR) is 77.6 cm³/mol. The normalized spacial score (nSPS) is 19.5. The lowest BCUT2D eigenvalue weighted by Gasteiger charge is -2.31. The van der Waals surface area contributed by atoms with Gasteiger partial charge in [0.05, 0.1) is 0 Å². The number of benzene rings is 1. The van der Waals surface area contributed by atoms with E-state index in [1.807, 2.05) is 11.0 Å². The molecule has 1 aliphatic carbocycles. The van der Waals surface area contributed by atoms with Gasteiger partial charge in [-0.05, 0) is 42.5 Å². The molecule has 1 aromatic carbocycles. The van der Waals surface area contributed by atoms with Gasteiger partial charge in [0.15, 0.2) is 0 Å².